The van der Waals surface area contributed by atoms with Crippen molar-refractivity contribution < 1.29 is 4.79 Å². The first-order chi connectivity index (χ1) is 12.1. The first-order valence-electron chi connectivity index (χ1n) is 8.80. The molecule has 1 spiro atoms. The number of piperidine rings is 1. The van der Waals surface area contributed by atoms with Crippen molar-refractivity contribution in [3.8, 4) is 0 Å². The van der Waals surface area contributed by atoms with Crippen LogP contribution in [0.1, 0.15) is 18.4 Å². The van der Waals surface area contributed by atoms with Crippen LogP contribution in [-0.2, 0) is 11.3 Å². The predicted molar refractivity (Wildman–Crippen MR) is 102 cm³/mol. The van der Waals surface area contributed by atoms with Crippen LogP contribution in [0.4, 0.5) is 17.1 Å². The number of nitrogens with zero attached hydrogens (tertiary/aromatic N) is 2. The zero-order valence-corrected chi connectivity index (χ0v) is 14.5. The summed E-state index contributed by atoms with van der Waals surface area (Å²) in [7, 11) is 2.03. The molecule has 0 aliphatic carbocycles. The van der Waals surface area contributed by atoms with Crippen molar-refractivity contribution in [1.29, 1.82) is 0 Å². The van der Waals surface area contributed by atoms with Gasteiger partial charge in [0.2, 0.25) is 5.91 Å². The quantitative estimate of drug-likeness (QED) is 0.828. The molecule has 1 fully saturated rings. The summed E-state index contributed by atoms with van der Waals surface area (Å²) in [5.41, 5.74) is 9.24. The van der Waals surface area contributed by atoms with Gasteiger partial charge in [-0.3, -0.25) is 9.69 Å². The molecule has 0 unspecified atom stereocenters. The highest BCUT2D eigenvalue weighted by Crippen LogP contribution is 2.41. The minimum Gasteiger partial charge on any atom is -0.399 e. The molecule has 5 heteroatoms. The van der Waals surface area contributed by atoms with Gasteiger partial charge in [0.15, 0.2) is 0 Å². The van der Waals surface area contributed by atoms with E-state index in [1.54, 1.807) is 0 Å². The number of likely N-dealkylation sites (N-methyl/N-ethyl adjacent to an activating group) is 1. The van der Waals surface area contributed by atoms with Gasteiger partial charge in [-0.2, -0.15) is 0 Å². The average molecular weight is 336 g/mol. The minimum absolute atomic E-state index is 0.0902. The molecule has 4 rings (SSSR count). The van der Waals surface area contributed by atoms with E-state index in [0.29, 0.717) is 5.69 Å². The topological polar surface area (TPSA) is 61.6 Å². The number of carbonyl (C=O) groups is 1. The lowest BCUT2D eigenvalue weighted by molar-refractivity contribution is -0.123. The number of hydrogen-bond donors (Lipinski definition) is 2. The molecule has 130 valence electrons. The van der Waals surface area contributed by atoms with Crippen LogP contribution in [0.25, 0.3) is 0 Å². The van der Waals surface area contributed by atoms with Gasteiger partial charge < -0.3 is 16.0 Å². The van der Waals surface area contributed by atoms with Gasteiger partial charge in [0.05, 0.1) is 11.4 Å². The van der Waals surface area contributed by atoms with E-state index in [0.717, 1.165) is 43.9 Å². The molecule has 25 heavy (non-hydrogen) atoms. The Morgan fingerprint density at radius 2 is 1.84 bits per heavy atom. The van der Waals surface area contributed by atoms with Crippen LogP contribution in [0.3, 0.4) is 0 Å². The summed E-state index contributed by atoms with van der Waals surface area (Å²) < 4.78 is 0. The molecule has 0 saturated carbocycles. The third-order valence-electron chi connectivity index (χ3n) is 5.63. The number of likely N-dealkylation sites (tertiary alicyclic amines) is 1. The molecule has 2 heterocycles. The maximum absolute atomic E-state index is 12.9. The van der Waals surface area contributed by atoms with E-state index in [-0.39, 0.29) is 5.91 Å². The van der Waals surface area contributed by atoms with Crippen LogP contribution in [0.5, 0.6) is 0 Å². The number of anilines is 3. The van der Waals surface area contributed by atoms with E-state index in [1.165, 1.54) is 5.56 Å². The number of fused-ring (bicyclic) bond motifs is 1. The Morgan fingerprint density at radius 1 is 1.12 bits per heavy atom. The van der Waals surface area contributed by atoms with Crippen LogP contribution >= 0.6 is 0 Å². The molecular weight excluding hydrogens is 312 g/mol. The van der Waals surface area contributed by atoms with E-state index in [4.69, 9.17) is 5.73 Å². The molecule has 1 saturated heterocycles. The lowest BCUT2D eigenvalue weighted by atomic mass is 9.82. The molecule has 5 nitrogen and oxygen atoms in total. The van der Waals surface area contributed by atoms with Crippen LogP contribution in [0.15, 0.2) is 48.5 Å². The fourth-order valence-corrected chi connectivity index (χ4v) is 4.05. The largest absolute Gasteiger partial charge is 0.399 e. The SMILES string of the molecule is CN1c2ccc(N)cc2NC(=O)C12CCN(Cc1ccccc1)CC2. The van der Waals surface area contributed by atoms with Crippen LogP contribution < -0.4 is 16.0 Å². The zero-order valence-electron chi connectivity index (χ0n) is 14.5. The van der Waals surface area contributed by atoms with E-state index >= 15 is 0 Å². The van der Waals surface area contributed by atoms with Gasteiger partial charge in [0, 0.05) is 32.4 Å². The van der Waals surface area contributed by atoms with Crippen LogP contribution in [0.2, 0.25) is 0 Å². The number of carbonyl (C=O) groups excluding carboxylic acids is 1. The molecule has 2 aliphatic rings. The lowest BCUT2D eigenvalue weighted by Crippen LogP contribution is -2.62. The first kappa shape index (κ1) is 16.0. The van der Waals surface area contributed by atoms with Crippen LogP contribution in [0, 0.1) is 0 Å². The van der Waals surface area contributed by atoms with Gasteiger partial charge in [-0.25, -0.2) is 0 Å². The Kier molecular flexibility index (Phi) is 3.88. The number of nitrogens with two attached hydrogens (primary N) is 1. The standard InChI is InChI=1S/C20H24N4O/c1-23-18-8-7-16(21)13-17(18)22-19(25)20(23)9-11-24(12-10-20)14-15-5-3-2-4-6-15/h2-8,13H,9-12,14,21H2,1H3,(H,22,25). The van der Waals surface area contributed by atoms with Gasteiger partial charge in [0.25, 0.3) is 0 Å². The highest BCUT2D eigenvalue weighted by atomic mass is 16.2. The van der Waals surface area contributed by atoms with Crippen molar-refractivity contribution >= 4 is 23.0 Å². The molecule has 0 radical (unpaired) electrons. The Balaban J connectivity index is 1.52. The molecule has 0 atom stereocenters. The molecule has 2 aromatic rings. The Morgan fingerprint density at radius 3 is 2.56 bits per heavy atom. The maximum atomic E-state index is 12.9. The Labute approximate surface area is 148 Å². The summed E-state index contributed by atoms with van der Waals surface area (Å²) in [6.45, 7) is 2.77. The summed E-state index contributed by atoms with van der Waals surface area (Å²) in [4.78, 5) is 17.5. The summed E-state index contributed by atoms with van der Waals surface area (Å²) in [6, 6.07) is 16.2. The van der Waals surface area contributed by atoms with E-state index in [2.05, 4.69) is 39.4 Å². The Hall–Kier alpha value is -2.53. The molecular formula is C20H24N4O. The summed E-state index contributed by atoms with van der Waals surface area (Å²) in [5.74, 6) is 0.0902. The van der Waals surface area contributed by atoms with Gasteiger partial charge in [0.1, 0.15) is 5.54 Å². The van der Waals surface area contributed by atoms with Crippen LogP contribution in [-0.4, -0.2) is 36.5 Å². The number of hydrogen-bond acceptors (Lipinski definition) is 4. The minimum atomic E-state index is -0.462. The number of nitrogens with one attached hydrogen (secondary N) is 1. The number of amides is 1. The molecule has 1 amide bonds. The summed E-state index contributed by atoms with van der Waals surface area (Å²) in [6.07, 6.45) is 1.65. The van der Waals surface area contributed by atoms with Crippen molar-refractivity contribution in [3.63, 3.8) is 0 Å². The second kappa shape index (κ2) is 6.08. The smallest absolute Gasteiger partial charge is 0.250 e. The first-order valence-corrected chi connectivity index (χ1v) is 8.80. The fraction of sp³-hybridized carbons (Fsp3) is 0.350. The summed E-state index contributed by atoms with van der Waals surface area (Å²) >= 11 is 0. The second-order valence-electron chi connectivity index (χ2n) is 7.08. The normalized spacial score (nSPS) is 19.6. The van der Waals surface area contributed by atoms with E-state index in [1.807, 2.05) is 31.3 Å². The predicted octanol–water partition coefficient (Wildman–Crippen LogP) is 2.69. The van der Waals surface area contributed by atoms with Gasteiger partial charge >= 0.3 is 0 Å². The van der Waals surface area contributed by atoms with E-state index < -0.39 is 5.54 Å². The number of benzene rings is 2. The maximum Gasteiger partial charge on any atom is 0.250 e. The van der Waals surface area contributed by atoms with Gasteiger partial charge in [-0.15, -0.1) is 0 Å². The molecule has 0 aromatic heterocycles. The van der Waals surface area contributed by atoms with Crippen molar-refractivity contribution in [3.05, 3.63) is 54.1 Å². The van der Waals surface area contributed by atoms with Crippen molar-refractivity contribution in [2.75, 3.05) is 36.1 Å². The van der Waals surface area contributed by atoms with Gasteiger partial charge in [-0.1, -0.05) is 30.3 Å². The molecule has 3 N–H and O–H groups in total. The number of nitrogen functional groups attached to an aromatic ring is 1. The van der Waals surface area contributed by atoms with Crippen molar-refractivity contribution in [1.82, 2.24) is 4.90 Å². The molecule has 2 aliphatic heterocycles. The number of rotatable bonds is 2. The van der Waals surface area contributed by atoms with Crippen molar-refractivity contribution in [2.45, 2.75) is 24.9 Å². The third kappa shape index (κ3) is 2.74. The third-order valence-corrected chi connectivity index (χ3v) is 5.63. The van der Waals surface area contributed by atoms with Gasteiger partial charge in [-0.05, 0) is 36.6 Å². The zero-order chi connectivity index (χ0) is 17.4. The van der Waals surface area contributed by atoms with Crippen molar-refractivity contribution in [2.24, 2.45) is 0 Å². The second-order valence-corrected chi connectivity index (χ2v) is 7.08. The fourth-order valence-electron chi connectivity index (χ4n) is 4.05. The molecule has 2 aromatic carbocycles. The highest BCUT2D eigenvalue weighted by Gasteiger charge is 2.48. The lowest BCUT2D eigenvalue weighted by Gasteiger charge is -2.50. The van der Waals surface area contributed by atoms with E-state index in [9.17, 15) is 4.79 Å². The average Bonchev–Trinajstić information content (AvgIpc) is 2.62. The monoisotopic (exact) mass is 336 g/mol. The Bertz CT molecular complexity index is 782. The highest BCUT2D eigenvalue weighted by molar-refractivity contribution is 6.07. The molecule has 0 bridgehead atoms. The summed E-state index contributed by atoms with van der Waals surface area (Å²) in [5, 5.41) is 3.08.